The molecule has 6 heteroatoms. The molecule has 0 saturated carbocycles. The lowest BCUT2D eigenvalue weighted by Gasteiger charge is -2.11. The molecule has 5 nitrogen and oxygen atoms in total. The molecule has 19 heavy (non-hydrogen) atoms. The third kappa shape index (κ3) is 3.42. The van der Waals surface area contributed by atoms with Crippen LogP contribution in [0.4, 0.5) is 10.3 Å². The van der Waals surface area contributed by atoms with Crippen LogP contribution >= 0.6 is 0 Å². The number of ether oxygens (including phenoxy) is 1. The van der Waals surface area contributed by atoms with E-state index in [0.29, 0.717) is 31.2 Å². The van der Waals surface area contributed by atoms with E-state index in [0.717, 1.165) is 12.1 Å². The maximum Gasteiger partial charge on any atom is 0.201 e. The molecule has 0 saturated heterocycles. The first-order chi connectivity index (χ1) is 9.08. The summed E-state index contributed by atoms with van der Waals surface area (Å²) >= 11 is 0. The van der Waals surface area contributed by atoms with E-state index in [4.69, 9.17) is 10.5 Å². The Morgan fingerprint density at radius 2 is 2.16 bits per heavy atom. The van der Waals surface area contributed by atoms with Crippen molar-refractivity contribution < 1.29 is 9.13 Å². The van der Waals surface area contributed by atoms with Crippen LogP contribution in [0.25, 0.3) is 11.0 Å². The highest BCUT2D eigenvalue weighted by Crippen LogP contribution is 2.18. The highest BCUT2D eigenvalue weighted by atomic mass is 19.1. The molecule has 1 aromatic heterocycles. The molecule has 0 radical (unpaired) electrons. The zero-order valence-electron chi connectivity index (χ0n) is 11.3. The van der Waals surface area contributed by atoms with Gasteiger partial charge in [-0.3, -0.25) is 0 Å². The summed E-state index contributed by atoms with van der Waals surface area (Å²) in [7, 11) is 4.00. The monoisotopic (exact) mass is 266 g/mol. The number of imidazole rings is 1. The SMILES string of the molecule is CN(C)CCOCCn1c(N)nc2cc(F)ccc21. The molecule has 0 aliphatic carbocycles. The lowest BCUT2D eigenvalue weighted by atomic mass is 10.3. The second-order valence-electron chi connectivity index (χ2n) is 4.67. The number of rotatable bonds is 6. The number of fused-ring (bicyclic) bond motifs is 1. The van der Waals surface area contributed by atoms with E-state index in [1.807, 2.05) is 18.7 Å². The molecule has 0 fully saturated rings. The zero-order chi connectivity index (χ0) is 13.8. The van der Waals surface area contributed by atoms with E-state index in [-0.39, 0.29) is 5.82 Å². The molecule has 0 bridgehead atoms. The summed E-state index contributed by atoms with van der Waals surface area (Å²) in [6.45, 7) is 2.72. The van der Waals surface area contributed by atoms with Crippen LogP contribution in [0.2, 0.25) is 0 Å². The minimum absolute atomic E-state index is 0.306. The largest absolute Gasteiger partial charge is 0.378 e. The predicted octanol–water partition coefficient (Wildman–Crippen LogP) is 1.34. The summed E-state index contributed by atoms with van der Waals surface area (Å²) < 4.78 is 20.4. The van der Waals surface area contributed by atoms with Gasteiger partial charge in [0, 0.05) is 19.2 Å². The van der Waals surface area contributed by atoms with Crippen molar-refractivity contribution in [3.05, 3.63) is 24.0 Å². The van der Waals surface area contributed by atoms with E-state index in [9.17, 15) is 4.39 Å². The van der Waals surface area contributed by atoms with Gasteiger partial charge in [-0.25, -0.2) is 9.37 Å². The second-order valence-corrected chi connectivity index (χ2v) is 4.67. The lowest BCUT2D eigenvalue weighted by molar-refractivity contribution is 0.112. The van der Waals surface area contributed by atoms with Crippen LogP contribution in [-0.4, -0.2) is 48.3 Å². The molecular weight excluding hydrogens is 247 g/mol. The van der Waals surface area contributed by atoms with Crippen molar-refractivity contribution >= 4 is 17.0 Å². The molecule has 1 aromatic carbocycles. The van der Waals surface area contributed by atoms with Gasteiger partial charge < -0.3 is 19.9 Å². The molecule has 0 aliphatic rings. The standard InChI is InChI=1S/C13H19FN4O/c1-17(2)5-7-19-8-6-18-12-4-3-10(14)9-11(12)16-13(18)15/h3-4,9H,5-8H2,1-2H3,(H2,15,16). The van der Waals surface area contributed by atoms with Gasteiger partial charge in [0.05, 0.1) is 24.2 Å². The first-order valence-corrected chi connectivity index (χ1v) is 6.21. The molecule has 0 amide bonds. The molecule has 0 unspecified atom stereocenters. The van der Waals surface area contributed by atoms with E-state index < -0.39 is 0 Å². The first-order valence-electron chi connectivity index (χ1n) is 6.21. The van der Waals surface area contributed by atoms with Gasteiger partial charge in [-0.1, -0.05) is 0 Å². The molecule has 2 N–H and O–H groups in total. The quantitative estimate of drug-likeness (QED) is 0.802. The van der Waals surface area contributed by atoms with Crippen molar-refractivity contribution in [1.82, 2.24) is 14.5 Å². The number of hydrogen-bond donors (Lipinski definition) is 1. The average molecular weight is 266 g/mol. The Bertz CT molecular complexity index is 553. The van der Waals surface area contributed by atoms with Gasteiger partial charge in [-0.05, 0) is 26.2 Å². The summed E-state index contributed by atoms with van der Waals surface area (Å²) in [6.07, 6.45) is 0. The fraction of sp³-hybridized carbons (Fsp3) is 0.462. The topological polar surface area (TPSA) is 56.3 Å². The van der Waals surface area contributed by atoms with E-state index in [2.05, 4.69) is 9.88 Å². The summed E-state index contributed by atoms with van der Waals surface area (Å²) in [4.78, 5) is 6.20. The van der Waals surface area contributed by atoms with Crippen molar-refractivity contribution in [3.63, 3.8) is 0 Å². The molecule has 104 valence electrons. The Kier molecular flexibility index (Phi) is 4.34. The number of anilines is 1. The minimum Gasteiger partial charge on any atom is -0.378 e. The molecule has 2 aromatic rings. The van der Waals surface area contributed by atoms with Crippen LogP contribution in [0.15, 0.2) is 18.2 Å². The van der Waals surface area contributed by atoms with Crippen LogP contribution < -0.4 is 5.73 Å². The average Bonchev–Trinajstić information content (AvgIpc) is 2.64. The third-order valence-corrected chi connectivity index (χ3v) is 2.88. The van der Waals surface area contributed by atoms with Crippen LogP contribution in [0.1, 0.15) is 0 Å². The van der Waals surface area contributed by atoms with E-state index >= 15 is 0 Å². The van der Waals surface area contributed by atoms with Gasteiger partial charge in [0.1, 0.15) is 5.82 Å². The van der Waals surface area contributed by atoms with Gasteiger partial charge >= 0.3 is 0 Å². The Balaban J connectivity index is 1.98. The predicted molar refractivity (Wildman–Crippen MR) is 73.5 cm³/mol. The third-order valence-electron chi connectivity index (χ3n) is 2.88. The summed E-state index contributed by atoms with van der Waals surface area (Å²) in [5.41, 5.74) is 7.24. The summed E-state index contributed by atoms with van der Waals surface area (Å²) in [5, 5.41) is 0. The maximum absolute atomic E-state index is 13.1. The first kappa shape index (κ1) is 13.8. The lowest BCUT2D eigenvalue weighted by Crippen LogP contribution is -2.19. The van der Waals surface area contributed by atoms with Gasteiger partial charge in [-0.15, -0.1) is 0 Å². The van der Waals surface area contributed by atoms with Crippen molar-refractivity contribution in [2.75, 3.05) is 39.6 Å². The minimum atomic E-state index is -0.306. The zero-order valence-corrected chi connectivity index (χ0v) is 11.3. The number of aromatic nitrogens is 2. The number of nitrogens with two attached hydrogens (primary N) is 1. The van der Waals surface area contributed by atoms with Gasteiger partial charge in [0.25, 0.3) is 0 Å². The number of nitrogens with zero attached hydrogens (tertiary/aromatic N) is 3. The van der Waals surface area contributed by atoms with Gasteiger partial charge in [0.2, 0.25) is 5.95 Å². The molecule has 2 rings (SSSR count). The summed E-state index contributed by atoms with van der Waals surface area (Å²) in [5.74, 6) is 0.0798. The molecule has 1 heterocycles. The Hall–Kier alpha value is -1.66. The van der Waals surface area contributed by atoms with Crippen molar-refractivity contribution in [2.24, 2.45) is 0 Å². The Labute approximate surface area is 111 Å². The van der Waals surface area contributed by atoms with E-state index in [1.165, 1.54) is 12.1 Å². The van der Waals surface area contributed by atoms with Gasteiger partial charge in [-0.2, -0.15) is 0 Å². The maximum atomic E-state index is 13.1. The fourth-order valence-electron chi connectivity index (χ4n) is 1.86. The Morgan fingerprint density at radius 1 is 1.37 bits per heavy atom. The van der Waals surface area contributed by atoms with Crippen molar-refractivity contribution in [1.29, 1.82) is 0 Å². The second kappa shape index (κ2) is 5.99. The number of benzene rings is 1. The fourth-order valence-corrected chi connectivity index (χ4v) is 1.86. The van der Waals surface area contributed by atoms with Crippen LogP contribution in [0, 0.1) is 5.82 Å². The molecular formula is C13H19FN4O. The number of hydrogen-bond acceptors (Lipinski definition) is 4. The van der Waals surface area contributed by atoms with Crippen LogP contribution in [0.5, 0.6) is 0 Å². The molecule has 0 spiro atoms. The number of nitrogen functional groups attached to an aromatic ring is 1. The number of likely N-dealkylation sites (N-methyl/N-ethyl adjacent to an activating group) is 1. The van der Waals surface area contributed by atoms with Crippen molar-refractivity contribution in [3.8, 4) is 0 Å². The van der Waals surface area contributed by atoms with Gasteiger partial charge in [0.15, 0.2) is 0 Å². The normalized spacial score (nSPS) is 11.6. The Morgan fingerprint density at radius 3 is 2.89 bits per heavy atom. The van der Waals surface area contributed by atoms with Crippen LogP contribution in [-0.2, 0) is 11.3 Å². The smallest absolute Gasteiger partial charge is 0.201 e. The number of halogens is 1. The molecule has 0 atom stereocenters. The van der Waals surface area contributed by atoms with E-state index in [1.54, 1.807) is 6.07 Å². The highest BCUT2D eigenvalue weighted by Gasteiger charge is 2.08. The summed E-state index contributed by atoms with van der Waals surface area (Å²) in [6, 6.07) is 4.48. The molecule has 0 aliphatic heterocycles. The van der Waals surface area contributed by atoms with Crippen LogP contribution in [0.3, 0.4) is 0 Å². The van der Waals surface area contributed by atoms with Crippen molar-refractivity contribution in [2.45, 2.75) is 6.54 Å². The highest BCUT2D eigenvalue weighted by molar-refractivity contribution is 5.78.